The van der Waals surface area contributed by atoms with Crippen molar-refractivity contribution in [2.45, 2.75) is 19.5 Å². The van der Waals surface area contributed by atoms with E-state index in [-0.39, 0.29) is 18.0 Å². The van der Waals surface area contributed by atoms with E-state index in [9.17, 15) is 14.4 Å². The second-order valence-corrected chi connectivity index (χ2v) is 7.44. The molecule has 1 unspecified atom stereocenters. The molecule has 0 aliphatic heterocycles. The normalized spacial score (nSPS) is 11.8. The van der Waals surface area contributed by atoms with Crippen LogP contribution in [-0.2, 0) is 11.3 Å². The summed E-state index contributed by atoms with van der Waals surface area (Å²) < 4.78 is 7.69. The van der Waals surface area contributed by atoms with Crippen LogP contribution in [0.3, 0.4) is 0 Å². The van der Waals surface area contributed by atoms with Gasteiger partial charge in [0.25, 0.3) is 5.56 Å². The van der Waals surface area contributed by atoms with Gasteiger partial charge in [-0.2, -0.15) is 0 Å². The fraction of sp³-hybridized carbons (Fsp3) is 0.160. The molecule has 1 aromatic heterocycles. The molecule has 0 fully saturated rings. The summed E-state index contributed by atoms with van der Waals surface area (Å²) in [4.78, 5) is 39.5. The molecule has 1 heterocycles. The van der Waals surface area contributed by atoms with Crippen LogP contribution in [0, 0.1) is 0 Å². The van der Waals surface area contributed by atoms with Gasteiger partial charge in [0.1, 0.15) is 11.8 Å². The number of ether oxygens (including phenoxy) is 1. The summed E-state index contributed by atoms with van der Waals surface area (Å²) in [6, 6.07) is 22.2. The van der Waals surface area contributed by atoms with E-state index in [1.807, 2.05) is 30.3 Å². The van der Waals surface area contributed by atoms with Gasteiger partial charge in [0.2, 0.25) is 5.91 Å². The maximum Gasteiger partial charge on any atom is 0.332 e. The molecule has 4 rings (SSSR count). The summed E-state index contributed by atoms with van der Waals surface area (Å²) >= 11 is 0. The molecule has 0 radical (unpaired) electrons. The number of para-hydroxylation sites is 1. The summed E-state index contributed by atoms with van der Waals surface area (Å²) in [6.07, 6.45) is 0. The summed E-state index contributed by atoms with van der Waals surface area (Å²) in [5, 5.41) is 3.21. The van der Waals surface area contributed by atoms with E-state index in [0.717, 1.165) is 5.56 Å². The van der Waals surface area contributed by atoms with Gasteiger partial charge in [-0.25, -0.2) is 4.79 Å². The lowest BCUT2D eigenvalue weighted by Crippen LogP contribution is -2.43. The standard InChI is InChI=1S/C25H23N3O4/c1-17(23(29)26-19-12-14-20(32-2)15-13-19)28-22-11-7-6-10-21(22)24(30)27(25(28)31)16-18-8-4-3-5-9-18/h3-15,17H,16H2,1-2H3,(H,26,29). The first-order chi connectivity index (χ1) is 15.5. The van der Waals surface area contributed by atoms with Gasteiger partial charge in [0.15, 0.2) is 0 Å². The van der Waals surface area contributed by atoms with E-state index in [0.29, 0.717) is 22.3 Å². The highest BCUT2D eigenvalue weighted by Crippen LogP contribution is 2.18. The van der Waals surface area contributed by atoms with Crippen LogP contribution in [0.15, 0.2) is 88.5 Å². The number of hydrogen-bond donors (Lipinski definition) is 1. The van der Waals surface area contributed by atoms with Gasteiger partial charge in [0, 0.05) is 5.69 Å². The molecule has 1 amide bonds. The monoisotopic (exact) mass is 429 g/mol. The third-order valence-corrected chi connectivity index (χ3v) is 5.38. The van der Waals surface area contributed by atoms with E-state index in [4.69, 9.17) is 4.74 Å². The first-order valence-electron chi connectivity index (χ1n) is 10.2. The van der Waals surface area contributed by atoms with Crippen LogP contribution in [0.25, 0.3) is 10.9 Å². The van der Waals surface area contributed by atoms with Crippen LogP contribution in [-0.4, -0.2) is 22.2 Å². The van der Waals surface area contributed by atoms with Crippen LogP contribution < -0.4 is 21.3 Å². The van der Waals surface area contributed by atoms with Crippen LogP contribution >= 0.6 is 0 Å². The Bertz CT molecular complexity index is 1370. The number of methoxy groups -OCH3 is 1. The topological polar surface area (TPSA) is 82.3 Å². The second-order valence-electron chi connectivity index (χ2n) is 7.44. The average molecular weight is 429 g/mol. The minimum atomic E-state index is -0.850. The number of carbonyl (C=O) groups excluding carboxylic acids is 1. The number of amides is 1. The molecular weight excluding hydrogens is 406 g/mol. The number of nitrogens with one attached hydrogen (secondary N) is 1. The molecule has 0 spiro atoms. The summed E-state index contributed by atoms with van der Waals surface area (Å²) in [7, 11) is 1.57. The predicted molar refractivity (Wildman–Crippen MR) is 124 cm³/mol. The zero-order chi connectivity index (χ0) is 22.7. The molecular formula is C25H23N3O4. The lowest BCUT2D eigenvalue weighted by Gasteiger charge is -2.19. The SMILES string of the molecule is COc1ccc(NC(=O)C(C)n2c(=O)n(Cc3ccccc3)c(=O)c3ccccc32)cc1. The second kappa shape index (κ2) is 8.93. The minimum Gasteiger partial charge on any atom is -0.497 e. The van der Waals surface area contributed by atoms with E-state index < -0.39 is 11.7 Å². The van der Waals surface area contributed by atoms with E-state index in [2.05, 4.69) is 5.32 Å². The zero-order valence-electron chi connectivity index (χ0n) is 17.8. The Morgan fingerprint density at radius 3 is 2.28 bits per heavy atom. The van der Waals surface area contributed by atoms with Crippen molar-refractivity contribution >= 4 is 22.5 Å². The van der Waals surface area contributed by atoms with Crippen LogP contribution in [0.2, 0.25) is 0 Å². The number of fused-ring (bicyclic) bond motifs is 1. The van der Waals surface area contributed by atoms with Gasteiger partial charge in [-0.1, -0.05) is 42.5 Å². The van der Waals surface area contributed by atoms with Crippen molar-refractivity contribution < 1.29 is 9.53 Å². The van der Waals surface area contributed by atoms with Crippen molar-refractivity contribution in [3.63, 3.8) is 0 Å². The summed E-state index contributed by atoms with van der Waals surface area (Å²) in [5.74, 6) is 0.304. The Morgan fingerprint density at radius 1 is 0.938 bits per heavy atom. The van der Waals surface area contributed by atoms with Crippen molar-refractivity contribution in [3.8, 4) is 5.75 Å². The lowest BCUT2D eigenvalue weighted by atomic mass is 10.2. The van der Waals surface area contributed by atoms with E-state index in [1.165, 1.54) is 9.13 Å². The van der Waals surface area contributed by atoms with Gasteiger partial charge in [0.05, 0.1) is 24.6 Å². The van der Waals surface area contributed by atoms with Crippen molar-refractivity contribution in [1.82, 2.24) is 9.13 Å². The fourth-order valence-corrected chi connectivity index (χ4v) is 3.65. The zero-order valence-corrected chi connectivity index (χ0v) is 17.8. The summed E-state index contributed by atoms with van der Waals surface area (Å²) in [6.45, 7) is 1.76. The molecule has 1 N–H and O–H groups in total. The largest absolute Gasteiger partial charge is 0.497 e. The molecule has 7 nitrogen and oxygen atoms in total. The van der Waals surface area contributed by atoms with E-state index >= 15 is 0 Å². The number of anilines is 1. The van der Waals surface area contributed by atoms with Gasteiger partial charge in [-0.15, -0.1) is 0 Å². The Kier molecular flexibility index (Phi) is 5.89. The smallest absolute Gasteiger partial charge is 0.332 e. The first-order valence-corrected chi connectivity index (χ1v) is 10.2. The van der Waals surface area contributed by atoms with Crippen molar-refractivity contribution in [2.24, 2.45) is 0 Å². The predicted octanol–water partition coefficient (Wildman–Crippen LogP) is 3.42. The molecule has 7 heteroatoms. The molecule has 0 saturated heterocycles. The molecule has 0 bridgehead atoms. The molecule has 4 aromatic rings. The Morgan fingerprint density at radius 2 is 1.59 bits per heavy atom. The van der Waals surface area contributed by atoms with Gasteiger partial charge >= 0.3 is 5.69 Å². The third kappa shape index (κ3) is 4.05. The first kappa shape index (κ1) is 21.1. The maximum absolute atomic E-state index is 13.4. The molecule has 0 aliphatic carbocycles. The van der Waals surface area contributed by atoms with Gasteiger partial charge in [-0.05, 0) is 48.9 Å². The molecule has 3 aromatic carbocycles. The quantitative estimate of drug-likeness (QED) is 0.509. The lowest BCUT2D eigenvalue weighted by molar-refractivity contribution is -0.118. The van der Waals surface area contributed by atoms with Gasteiger partial charge < -0.3 is 10.1 Å². The number of carbonyl (C=O) groups is 1. The Balaban J connectivity index is 1.77. The minimum absolute atomic E-state index is 0.121. The maximum atomic E-state index is 13.4. The number of hydrogen-bond acceptors (Lipinski definition) is 4. The molecule has 162 valence electrons. The van der Waals surface area contributed by atoms with Crippen LogP contribution in [0.4, 0.5) is 5.69 Å². The number of nitrogens with zero attached hydrogens (tertiary/aromatic N) is 2. The number of benzene rings is 3. The highest BCUT2D eigenvalue weighted by atomic mass is 16.5. The fourth-order valence-electron chi connectivity index (χ4n) is 3.65. The molecule has 32 heavy (non-hydrogen) atoms. The Labute approximate surface area is 184 Å². The summed E-state index contributed by atoms with van der Waals surface area (Å²) in [5.41, 5.74) is 0.911. The number of aromatic nitrogens is 2. The number of rotatable bonds is 6. The van der Waals surface area contributed by atoms with Crippen LogP contribution in [0.1, 0.15) is 18.5 Å². The Hall–Kier alpha value is -4.13. The molecule has 0 aliphatic rings. The van der Waals surface area contributed by atoms with Crippen molar-refractivity contribution in [3.05, 3.63) is 105 Å². The highest BCUT2D eigenvalue weighted by Gasteiger charge is 2.22. The van der Waals surface area contributed by atoms with Gasteiger partial charge in [-0.3, -0.25) is 18.7 Å². The average Bonchev–Trinajstić information content (AvgIpc) is 2.83. The highest BCUT2D eigenvalue weighted by molar-refractivity contribution is 5.94. The molecule has 0 saturated carbocycles. The third-order valence-electron chi connectivity index (χ3n) is 5.38. The van der Waals surface area contributed by atoms with Crippen molar-refractivity contribution in [1.29, 1.82) is 0 Å². The molecule has 1 atom stereocenters. The van der Waals surface area contributed by atoms with E-state index in [1.54, 1.807) is 62.6 Å². The van der Waals surface area contributed by atoms with Crippen molar-refractivity contribution in [2.75, 3.05) is 12.4 Å². The van der Waals surface area contributed by atoms with Crippen LogP contribution in [0.5, 0.6) is 5.75 Å².